The van der Waals surface area contributed by atoms with E-state index >= 15 is 0 Å². The lowest BCUT2D eigenvalue weighted by Gasteiger charge is -2.14. The van der Waals surface area contributed by atoms with Gasteiger partial charge in [0.05, 0.1) is 4.88 Å². The van der Waals surface area contributed by atoms with Gasteiger partial charge >= 0.3 is 5.97 Å². The molecule has 1 unspecified atom stereocenters. The minimum Gasteiger partial charge on any atom is -0.478 e. The third-order valence-electron chi connectivity index (χ3n) is 2.80. The summed E-state index contributed by atoms with van der Waals surface area (Å²) in [5.41, 5.74) is 0. The Bertz CT molecular complexity index is 491. The van der Waals surface area contributed by atoms with Gasteiger partial charge in [-0.1, -0.05) is 13.8 Å². The van der Waals surface area contributed by atoms with E-state index in [0.29, 0.717) is 10.8 Å². The van der Waals surface area contributed by atoms with Crippen LogP contribution in [0.4, 0.5) is 0 Å². The fourth-order valence-electron chi connectivity index (χ4n) is 1.67. The lowest BCUT2D eigenvalue weighted by molar-refractivity contribution is -0.131. The van der Waals surface area contributed by atoms with Crippen molar-refractivity contribution >= 4 is 29.3 Å². The topological polar surface area (TPSA) is 66.4 Å². The average molecular weight is 295 g/mol. The molecular weight excluding hydrogens is 274 g/mol. The van der Waals surface area contributed by atoms with Crippen LogP contribution < -0.4 is 5.32 Å². The molecule has 0 saturated heterocycles. The standard InChI is InChI=1S/C15H21NO3S/c1-10(2)4-5-11(3)16-15(19)13-8-6-12(20-13)7-9-14(17)18/h6-11H,4-5H2,1-3H3,(H,16,19)(H,17,18). The van der Waals surface area contributed by atoms with E-state index in [1.165, 1.54) is 17.4 Å². The van der Waals surface area contributed by atoms with Crippen molar-refractivity contribution in [2.45, 2.75) is 39.7 Å². The zero-order valence-corrected chi connectivity index (χ0v) is 12.9. The molecule has 0 radical (unpaired) electrons. The Hall–Kier alpha value is -1.62. The molecule has 0 spiro atoms. The Morgan fingerprint density at radius 2 is 2.00 bits per heavy atom. The van der Waals surface area contributed by atoms with Gasteiger partial charge in [-0.15, -0.1) is 11.3 Å². The van der Waals surface area contributed by atoms with Crippen molar-refractivity contribution in [2.75, 3.05) is 0 Å². The molecule has 0 aliphatic rings. The van der Waals surface area contributed by atoms with E-state index in [4.69, 9.17) is 5.11 Å². The van der Waals surface area contributed by atoms with Crippen molar-refractivity contribution in [3.63, 3.8) is 0 Å². The minimum absolute atomic E-state index is 0.0961. The van der Waals surface area contributed by atoms with Gasteiger partial charge in [-0.3, -0.25) is 4.79 Å². The molecular formula is C15H21NO3S. The van der Waals surface area contributed by atoms with Crippen LogP contribution in [0.2, 0.25) is 0 Å². The van der Waals surface area contributed by atoms with Crippen molar-refractivity contribution in [3.8, 4) is 0 Å². The zero-order chi connectivity index (χ0) is 15.1. The van der Waals surface area contributed by atoms with Crippen LogP contribution in [-0.2, 0) is 4.79 Å². The van der Waals surface area contributed by atoms with Crippen LogP contribution in [0.25, 0.3) is 6.08 Å². The van der Waals surface area contributed by atoms with E-state index < -0.39 is 5.97 Å². The van der Waals surface area contributed by atoms with Gasteiger partial charge in [0.25, 0.3) is 5.91 Å². The van der Waals surface area contributed by atoms with Gasteiger partial charge in [0.15, 0.2) is 0 Å². The Kier molecular flexibility index (Phi) is 6.45. The van der Waals surface area contributed by atoms with Crippen LogP contribution in [0.3, 0.4) is 0 Å². The molecule has 5 heteroatoms. The molecule has 1 heterocycles. The number of carbonyl (C=O) groups is 2. The highest BCUT2D eigenvalue weighted by Gasteiger charge is 2.12. The largest absolute Gasteiger partial charge is 0.478 e. The minimum atomic E-state index is -0.994. The number of rotatable bonds is 7. The molecule has 0 aliphatic heterocycles. The highest BCUT2D eigenvalue weighted by Crippen LogP contribution is 2.18. The number of hydrogen-bond donors (Lipinski definition) is 2. The summed E-state index contributed by atoms with van der Waals surface area (Å²) in [6.45, 7) is 6.32. The van der Waals surface area contributed by atoms with Gasteiger partial charge in [0.2, 0.25) is 0 Å². The van der Waals surface area contributed by atoms with Gasteiger partial charge < -0.3 is 10.4 Å². The number of carbonyl (C=O) groups excluding carboxylic acids is 1. The van der Waals surface area contributed by atoms with Crippen LogP contribution >= 0.6 is 11.3 Å². The summed E-state index contributed by atoms with van der Waals surface area (Å²) >= 11 is 1.29. The lowest BCUT2D eigenvalue weighted by atomic mass is 10.0. The number of carboxylic acid groups (broad SMARTS) is 1. The maximum Gasteiger partial charge on any atom is 0.328 e. The number of thiophene rings is 1. The summed E-state index contributed by atoms with van der Waals surface area (Å²) in [6, 6.07) is 3.61. The smallest absolute Gasteiger partial charge is 0.328 e. The highest BCUT2D eigenvalue weighted by molar-refractivity contribution is 7.14. The van der Waals surface area contributed by atoms with Crippen molar-refractivity contribution < 1.29 is 14.7 Å². The summed E-state index contributed by atoms with van der Waals surface area (Å²) in [5.74, 6) is -0.461. The van der Waals surface area contributed by atoms with Crippen LogP contribution in [0, 0.1) is 5.92 Å². The SMILES string of the molecule is CC(C)CCC(C)NC(=O)c1ccc(C=CC(=O)O)s1. The molecule has 2 N–H and O–H groups in total. The third kappa shape index (κ3) is 6.02. The highest BCUT2D eigenvalue weighted by atomic mass is 32.1. The average Bonchev–Trinajstić information content (AvgIpc) is 2.82. The zero-order valence-electron chi connectivity index (χ0n) is 12.1. The first-order valence-electron chi connectivity index (χ1n) is 6.70. The van der Waals surface area contributed by atoms with E-state index in [1.807, 2.05) is 6.92 Å². The first kappa shape index (κ1) is 16.4. The van der Waals surface area contributed by atoms with Gasteiger partial charge in [0, 0.05) is 17.0 Å². The molecule has 20 heavy (non-hydrogen) atoms. The second-order valence-electron chi connectivity index (χ2n) is 5.22. The van der Waals surface area contributed by atoms with Crippen molar-refractivity contribution in [2.24, 2.45) is 5.92 Å². The van der Waals surface area contributed by atoms with E-state index in [0.717, 1.165) is 23.8 Å². The van der Waals surface area contributed by atoms with Crippen LogP contribution in [0.1, 0.15) is 48.2 Å². The van der Waals surface area contributed by atoms with Gasteiger partial charge in [-0.25, -0.2) is 4.79 Å². The van der Waals surface area contributed by atoms with Crippen LogP contribution in [0.15, 0.2) is 18.2 Å². The number of hydrogen-bond acceptors (Lipinski definition) is 3. The maximum atomic E-state index is 12.0. The first-order chi connectivity index (χ1) is 9.38. The van der Waals surface area contributed by atoms with E-state index in [2.05, 4.69) is 19.2 Å². The van der Waals surface area contributed by atoms with Crippen LogP contribution in [0.5, 0.6) is 0 Å². The summed E-state index contributed by atoms with van der Waals surface area (Å²) in [7, 11) is 0. The van der Waals surface area contributed by atoms with Gasteiger partial charge in [-0.2, -0.15) is 0 Å². The fourth-order valence-corrected chi connectivity index (χ4v) is 2.48. The molecule has 1 amide bonds. The van der Waals surface area contributed by atoms with E-state index in [9.17, 15) is 9.59 Å². The van der Waals surface area contributed by atoms with Gasteiger partial charge in [-0.05, 0) is 43.9 Å². The first-order valence-corrected chi connectivity index (χ1v) is 7.52. The lowest BCUT2D eigenvalue weighted by Crippen LogP contribution is -2.32. The monoisotopic (exact) mass is 295 g/mol. The Morgan fingerprint density at radius 3 is 2.60 bits per heavy atom. The molecule has 1 rings (SSSR count). The number of nitrogens with one attached hydrogen (secondary N) is 1. The fraction of sp³-hybridized carbons (Fsp3) is 0.467. The van der Waals surface area contributed by atoms with Gasteiger partial charge in [0.1, 0.15) is 0 Å². The normalized spacial score (nSPS) is 12.8. The van der Waals surface area contributed by atoms with Crippen molar-refractivity contribution in [3.05, 3.63) is 28.0 Å². The summed E-state index contributed by atoms with van der Waals surface area (Å²) in [6.07, 6.45) is 4.60. The summed E-state index contributed by atoms with van der Waals surface area (Å²) in [4.78, 5) is 23.8. The summed E-state index contributed by atoms with van der Waals surface area (Å²) in [5, 5.41) is 11.5. The molecule has 0 saturated carbocycles. The summed E-state index contributed by atoms with van der Waals surface area (Å²) < 4.78 is 0. The number of carboxylic acids is 1. The van der Waals surface area contributed by atoms with Crippen LogP contribution in [-0.4, -0.2) is 23.0 Å². The molecule has 4 nitrogen and oxygen atoms in total. The molecule has 0 aromatic carbocycles. The third-order valence-corrected chi connectivity index (χ3v) is 3.84. The van der Waals surface area contributed by atoms with E-state index in [-0.39, 0.29) is 11.9 Å². The molecule has 1 aromatic heterocycles. The molecule has 1 atom stereocenters. The van der Waals surface area contributed by atoms with E-state index in [1.54, 1.807) is 12.1 Å². The second kappa shape index (κ2) is 7.85. The molecule has 110 valence electrons. The van der Waals surface area contributed by atoms with Crippen molar-refractivity contribution in [1.29, 1.82) is 0 Å². The predicted octanol–water partition coefficient (Wildman–Crippen LogP) is 3.40. The Morgan fingerprint density at radius 1 is 1.30 bits per heavy atom. The number of aliphatic carboxylic acids is 1. The molecule has 0 fully saturated rings. The Balaban J connectivity index is 2.53. The molecule has 1 aromatic rings. The number of amides is 1. The second-order valence-corrected chi connectivity index (χ2v) is 6.33. The molecule has 0 bridgehead atoms. The Labute approximate surface area is 123 Å². The predicted molar refractivity (Wildman–Crippen MR) is 82.0 cm³/mol. The quantitative estimate of drug-likeness (QED) is 0.758. The van der Waals surface area contributed by atoms with Crippen molar-refractivity contribution in [1.82, 2.24) is 5.32 Å². The molecule has 0 aliphatic carbocycles. The maximum absolute atomic E-state index is 12.0.